The van der Waals surface area contributed by atoms with Gasteiger partial charge in [-0.3, -0.25) is 4.79 Å². The minimum Gasteiger partial charge on any atom is -0.494 e. The fourth-order valence-corrected chi connectivity index (χ4v) is 2.46. The fraction of sp³-hybridized carbons (Fsp3) is 0.533. The molecule has 1 amide bonds. The van der Waals surface area contributed by atoms with Gasteiger partial charge in [-0.05, 0) is 37.0 Å². The molecule has 0 spiro atoms. The largest absolute Gasteiger partial charge is 0.494 e. The van der Waals surface area contributed by atoms with Gasteiger partial charge in [-0.15, -0.1) is 0 Å². The number of ether oxygens (including phenoxy) is 1. The first kappa shape index (κ1) is 14.8. The number of amides is 1. The molecule has 1 saturated heterocycles. The minimum atomic E-state index is -0.411. The number of benzene rings is 1. The van der Waals surface area contributed by atoms with Crippen LogP contribution < -0.4 is 4.74 Å². The van der Waals surface area contributed by atoms with Crippen LogP contribution in [0.15, 0.2) is 18.2 Å². The molecule has 1 heterocycles. The van der Waals surface area contributed by atoms with Crippen molar-refractivity contribution in [2.45, 2.75) is 31.8 Å². The molecule has 1 unspecified atom stereocenters. The van der Waals surface area contributed by atoms with Gasteiger partial charge >= 0.3 is 0 Å². The Morgan fingerprint density at radius 3 is 3.00 bits per heavy atom. The molecular formula is C15H20FNO3. The Labute approximate surface area is 118 Å². The van der Waals surface area contributed by atoms with Gasteiger partial charge in [-0.2, -0.15) is 0 Å². The van der Waals surface area contributed by atoms with Gasteiger partial charge in [0.2, 0.25) is 5.91 Å². The summed E-state index contributed by atoms with van der Waals surface area (Å²) in [6.45, 7) is 1.11. The van der Waals surface area contributed by atoms with Crippen LogP contribution in [0.25, 0.3) is 0 Å². The molecular weight excluding hydrogens is 261 g/mol. The van der Waals surface area contributed by atoms with Gasteiger partial charge in [0.05, 0.1) is 13.2 Å². The lowest BCUT2D eigenvalue weighted by Gasteiger charge is -2.30. The SMILES string of the molecule is COc1ccc(CCC(=O)N2CCCC(O)C2)cc1F. The second kappa shape index (κ2) is 6.70. The number of halogens is 1. The number of hydrogen-bond donors (Lipinski definition) is 1. The first-order valence-electron chi connectivity index (χ1n) is 6.88. The van der Waals surface area contributed by atoms with Crippen LogP contribution in [0.4, 0.5) is 4.39 Å². The summed E-state index contributed by atoms with van der Waals surface area (Å²) < 4.78 is 18.4. The van der Waals surface area contributed by atoms with Crippen LogP contribution in [0, 0.1) is 5.82 Å². The van der Waals surface area contributed by atoms with Crippen LogP contribution in [0.3, 0.4) is 0 Å². The molecule has 0 saturated carbocycles. The Morgan fingerprint density at radius 2 is 2.35 bits per heavy atom. The van der Waals surface area contributed by atoms with Crippen LogP contribution in [0.5, 0.6) is 5.75 Å². The van der Waals surface area contributed by atoms with E-state index in [1.807, 2.05) is 0 Å². The Balaban J connectivity index is 1.88. The van der Waals surface area contributed by atoms with Crippen LogP contribution in [0.2, 0.25) is 0 Å². The monoisotopic (exact) mass is 281 g/mol. The van der Waals surface area contributed by atoms with Crippen LogP contribution in [-0.2, 0) is 11.2 Å². The molecule has 1 N–H and O–H groups in total. The van der Waals surface area contributed by atoms with Gasteiger partial charge in [0.1, 0.15) is 0 Å². The highest BCUT2D eigenvalue weighted by Crippen LogP contribution is 2.19. The number of carbonyl (C=O) groups is 1. The molecule has 1 aliphatic heterocycles. The topological polar surface area (TPSA) is 49.8 Å². The molecule has 1 aromatic carbocycles. The number of aryl methyl sites for hydroxylation is 1. The summed E-state index contributed by atoms with van der Waals surface area (Å²) in [5.74, 6) is -0.190. The number of likely N-dealkylation sites (tertiary alicyclic amines) is 1. The number of aliphatic hydroxyl groups excluding tert-OH is 1. The highest BCUT2D eigenvalue weighted by molar-refractivity contribution is 5.76. The molecule has 0 aromatic heterocycles. The van der Waals surface area contributed by atoms with Gasteiger partial charge in [-0.1, -0.05) is 6.07 Å². The third-order valence-corrected chi connectivity index (χ3v) is 3.59. The number of nitrogens with zero attached hydrogens (tertiary/aromatic N) is 1. The molecule has 1 atom stereocenters. The van der Waals surface area contributed by atoms with Crippen LogP contribution in [-0.4, -0.2) is 42.2 Å². The fourth-order valence-electron chi connectivity index (χ4n) is 2.46. The summed E-state index contributed by atoms with van der Waals surface area (Å²) in [6.07, 6.45) is 2.01. The van der Waals surface area contributed by atoms with E-state index in [0.29, 0.717) is 25.9 Å². The van der Waals surface area contributed by atoms with Crippen molar-refractivity contribution >= 4 is 5.91 Å². The van der Waals surface area contributed by atoms with E-state index in [0.717, 1.165) is 18.4 Å². The lowest BCUT2D eigenvalue weighted by Crippen LogP contribution is -2.42. The molecule has 0 aliphatic carbocycles. The van der Waals surface area contributed by atoms with E-state index in [4.69, 9.17) is 4.74 Å². The van der Waals surface area contributed by atoms with Crippen molar-refractivity contribution in [2.75, 3.05) is 20.2 Å². The number of methoxy groups -OCH3 is 1. The van der Waals surface area contributed by atoms with Crippen molar-refractivity contribution in [3.8, 4) is 5.75 Å². The Hall–Kier alpha value is -1.62. The summed E-state index contributed by atoms with van der Waals surface area (Å²) in [5, 5.41) is 9.55. The Bertz CT molecular complexity index is 478. The lowest BCUT2D eigenvalue weighted by molar-refractivity contribution is -0.134. The third kappa shape index (κ3) is 3.70. The second-order valence-corrected chi connectivity index (χ2v) is 5.10. The summed E-state index contributed by atoms with van der Waals surface area (Å²) in [4.78, 5) is 13.7. The van der Waals surface area contributed by atoms with E-state index in [1.54, 1.807) is 17.0 Å². The van der Waals surface area contributed by atoms with Crippen LogP contribution in [0.1, 0.15) is 24.8 Å². The van der Waals surface area contributed by atoms with E-state index in [2.05, 4.69) is 0 Å². The van der Waals surface area contributed by atoms with E-state index < -0.39 is 11.9 Å². The number of hydrogen-bond acceptors (Lipinski definition) is 3. The zero-order valence-corrected chi connectivity index (χ0v) is 11.6. The Morgan fingerprint density at radius 1 is 1.55 bits per heavy atom. The molecule has 1 fully saturated rings. The maximum atomic E-state index is 13.5. The third-order valence-electron chi connectivity index (χ3n) is 3.59. The van der Waals surface area contributed by atoms with Crippen molar-refractivity contribution < 1.29 is 19.0 Å². The zero-order valence-electron chi connectivity index (χ0n) is 11.6. The predicted molar refractivity (Wildman–Crippen MR) is 73.1 cm³/mol. The maximum absolute atomic E-state index is 13.5. The van der Waals surface area contributed by atoms with Crippen molar-refractivity contribution in [3.63, 3.8) is 0 Å². The summed E-state index contributed by atoms with van der Waals surface area (Å²) in [6, 6.07) is 4.73. The summed E-state index contributed by atoms with van der Waals surface area (Å²) in [5.41, 5.74) is 0.772. The zero-order chi connectivity index (χ0) is 14.5. The van der Waals surface area contributed by atoms with Crippen molar-refractivity contribution in [2.24, 2.45) is 0 Å². The van der Waals surface area contributed by atoms with Crippen LogP contribution >= 0.6 is 0 Å². The summed E-state index contributed by atoms with van der Waals surface area (Å²) >= 11 is 0. The molecule has 20 heavy (non-hydrogen) atoms. The highest BCUT2D eigenvalue weighted by atomic mass is 19.1. The number of carbonyl (C=O) groups excluding carboxylic acids is 1. The average molecular weight is 281 g/mol. The van der Waals surface area contributed by atoms with E-state index in [1.165, 1.54) is 13.2 Å². The predicted octanol–water partition coefficient (Wildman–Crippen LogP) is 1.75. The molecule has 1 aromatic rings. The van der Waals surface area contributed by atoms with Crippen molar-refractivity contribution in [3.05, 3.63) is 29.6 Å². The molecule has 1 aliphatic rings. The normalized spacial score (nSPS) is 18.9. The van der Waals surface area contributed by atoms with E-state index in [-0.39, 0.29) is 11.7 Å². The minimum absolute atomic E-state index is 0.0139. The second-order valence-electron chi connectivity index (χ2n) is 5.10. The summed E-state index contributed by atoms with van der Waals surface area (Å²) in [7, 11) is 1.42. The number of aliphatic hydroxyl groups is 1. The maximum Gasteiger partial charge on any atom is 0.222 e. The number of rotatable bonds is 4. The first-order valence-corrected chi connectivity index (χ1v) is 6.88. The van der Waals surface area contributed by atoms with E-state index in [9.17, 15) is 14.3 Å². The van der Waals surface area contributed by atoms with Gasteiger partial charge in [0, 0.05) is 19.5 Å². The molecule has 0 radical (unpaired) electrons. The molecule has 110 valence electrons. The number of piperidine rings is 1. The van der Waals surface area contributed by atoms with Crippen molar-refractivity contribution in [1.29, 1.82) is 0 Å². The standard InChI is InChI=1S/C15H20FNO3/c1-20-14-6-4-11(9-13(14)16)5-7-15(19)17-8-2-3-12(18)10-17/h4,6,9,12,18H,2-3,5,7-8,10H2,1H3. The van der Waals surface area contributed by atoms with Gasteiger partial charge in [0.15, 0.2) is 11.6 Å². The number of β-amino-alcohol motifs (C(OH)–C–C–N with tert-alkyl or cyclic N) is 1. The van der Waals surface area contributed by atoms with Gasteiger partial charge in [-0.25, -0.2) is 4.39 Å². The van der Waals surface area contributed by atoms with Crippen molar-refractivity contribution in [1.82, 2.24) is 4.90 Å². The first-order chi connectivity index (χ1) is 9.60. The van der Waals surface area contributed by atoms with Gasteiger partial charge < -0.3 is 14.7 Å². The quantitative estimate of drug-likeness (QED) is 0.914. The molecule has 2 rings (SSSR count). The Kier molecular flexibility index (Phi) is 4.95. The van der Waals surface area contributed by atoms with Gasteiger partial charge in [0.25, 0.3) is 0 Å². The molecule has 0 bridgehead atoms. The highest BCUT2D eigenvalue weighted by Gasteiger charge is 2.21. The molecule has 5 heteroatoms. The molecule has 4 nitrogen and oxygen atoms in total. The smallest absolute Gasteiger partial charge is 0.222 e. The average Bonchev–Trinajstić information content (AvgIpc) is 2.45. The van der Waals surface area contributed by atoms with E-state index >= 15 is 0 Å². The lowest BCUT2D eigenvalue weighted by atomic mass is 10.1.